The molecule has 3 aromatic rings. The van der Waals surface area contributed by atoms with Gasteiger partial charge in [-0.1, -0.05) is 11.6 Å². The van der Waals surface area contributed by atoms with E-state index in [4.69, 9.17) is 26.3 Å². The van der Waals surface area contributed by atoms with Crippen LogP contribution in [0.3, 0.4) is 0 Å². The number of anilines is 3. The Morgan fingerprint density at radius 3 is 2.35 bits per heavy atom. The zero-order valence-corrected chi connectivity index (χ0v) is 21.6. The molecule has 1 aliphatic rings. The highest BCUT2D eigenvalue weighted by molar-refractivity contribution is 7.85. The third kappa shape index (κ3) is 8.02. The van der Waals surface area contributed by atoms with Crippen molar-refractivity contribution >= 4 is 68.0 Å². The lowest BCUT2D eigenvalue weighted by Crippen LogP contribution is -2.23. The number of hydrogen-bond acceptors (Lipinski definition) is 8. The van der Waals surface area contributed by atoms with Crippen LogP contribution in [0.5, 0.6) is 0 Å². The van der Waals surface area contributed by atoms with E-state index in [1.165, 1.54) is 18.2 Å². The van der Waals surface area contributed by atoms with Gasteiger partial charge in [0.05, 0.1) is 44.9 Å². The summed E-state index contributed by atoms with van der Waals surface area (Å²) in [5.74, 6) is -0.871. The standard InChI is InChI=1S/C22H16ClN5O3S.CH4O3S/c23-19-8-7-18(32-19)21(30)27-17-11-13(12-24)1-6-16(17)20(29)26-14-2-4-15(5-3-14)28-9-10-31-22(28)25;1-5(2,3)4/h1-8,11,25H,9-10H2,(H,26,29)(H,27,30);1H3,(H,2,3,4). The molecule has 0 radical (unpaired) electrons. The molecular formula is C23H20ClN5O6S2. The van der Waals surface area contributed by atoms with Crippen LogP contribution in [-0.4, -0.2) is 50.2 Å². The van der Waals surface area contributed by atoms with Crippen molar-refractivity contribution in [1.29, 1.82) is 10.7 Å². The quantitative estimate of drug-likeness (QED) is 0.337. The number of carbonyl (C=O) groups excluding carboxylic acids is 2. The van der Waals surface area contributed by atoms with E-state index >= 15 is 0 Å². The minimum atomic E-state index is -3.67. The van der Waals surface area contributed by atoms with Gasteiger partial charge in [0.25, 0.3) is 28.0 Å². The van der Waals surface area contributed by atoms with Crippen LogP contribution < -0.4 is 15.5 Å². The number of carbonyl (C=O) groups is 2. The Morgan fingerprint density at radius 2 is 1.81 bits per heavy atom. The van der Waals surface area contributed by atoms with E-state index in [-0.39, 0.29) is 17.3 Å². The summed E-state index contributed by atoms with van der Waals surface area (Å²) < 4.78 is 31.5. The van der Waals surface area contributed by atoms with Gasteiger partial charge in [0.1, 0.15) is 6.61 Å². The van der Waals surface area contributed by atoms with Crippen molar-refractivity contribution in [3.8, 4) is 6.07 Å². The molecule has 0 aliphatic carbocycles. The number of amidine groups is 1. The first-order chi connectivity index (χ1) is 17.4. The largest absolute Gasteiger partial charge is 0.463 e. The third-order valence-corrected chi connectivity index (χ3v) is 5.90. The van der Waals surface area contributed by atoms with Gasteiger partial charge in [-0.2, -0.15) is 13.7 Å². The van der Waals surface area contributed by atoms with E-state index in [0.717, 1.165) is 17.0 Å². The molecule has 0 atom stereocenters. The van der Waals surface area contributed by atoms with Gasteiger partial charge in [0, 0.05) is 11.4 Å². The summed E-state index contributed by atoms with van der Waals surface area (Å²) in [6.07, 6.45) is 0.715. The summed E-state index contributed by atoms with van der Waals surface area (Å²) in [5.41, 5.74) is 2.05. The minimum absolute atomic E-state index is 0.0896. The molecule has 192 valence electrons. The Labute approximate surface area is 221 Å². The van der Waals surface area contributed by atoms with Crippen LogP contribution in [0.2, 0.25) is 4.34 Å². The first-order valence-corrected chi connectivity index (χ1v) is 13.4. The zero-order chi connectivity index (χ0) is 27.2. The Bertz CT molecular complexity index is 1470. The molecule has 14 heteroatoms. The molecule has 0 unspecified atom stereocenters. The molecule has 4 rings (SSSR count). The summed E-state index contributed by atoms with van der Waals surface area (Å²) in [6, 6.07) is 16.7. The van der Waals surface area contributed by atoms with Crippen LogP contribution in [0, 0.1) is 16.7 Å². The van der Waals surface area contributed by atoms with Crippen LogP contribution in [0.15, 0.2) is 54.6 Å². The molecule has 11 nitrogen and oxygen atoms in total. The maximum absolute atomic E-state index is 12.9. The highest BCUT2D eigenvalue weighted by Crippen LogP contribution is 2.26. The maximum atomic E-state index is 12.9. The van der Waals surface area contributed by atoms with Gasteiger partial charge >= 0.3 is 0 Å². The van der Waals surface area contributed by atoms with Crippen LogP contribution in [-0.2, 0) is 14.9 Å². The average molecular weight is 562 g/mol. The van der Waals surface area contributed by atoms with Crippen LogP contribution in [0.25, 0.3) is 0 Å². The van der Waals surface area contributed by atoms with E-state index in [0.29, 0.717) is 39.9 Å². The van der Waals surface area contributed by atoms with Gasteiger partial charge in [-0.15, -0.1) is 11.3 Å². The molecule has 0 bridgehead atoms. The molecule has 0 spiro atoms. The summed E-state index contributed by atoms with van der Waals surface area (Å²) in [5, 5.41) is 22.5. The predicted octanol–water partition coefficient (Wildman–Crippen LogP) is 4.05. The molecular weight excluding hydrogens is 542 g/mol. The number of halogens is 1. The van der Waals surface area contributed by atoms with Gasteiger partial charge in [0.2, 0.25) is 0 Å². The molecule has 0 saturated carbocycles. The number of benzene rings is 2. The smallest absolute Gasteiger partial charge is 0.289 e. The summed E-state index contributed by atoms with van der Waals surface area (Å²) in [4.78, 5) is 27.6. The molecule has 2 heterocycles. The highest BCUT2D eigenvalue weighted by Gasteiger charge is 2.20. The lowest BCUT2D eigenvalue weighted by atomic mass is 10.1. The molecule has 2 amide bonds. The summed E-state index contributed by atoms with van der Waals surface area (Å²) >= 11 is 7.01. The SMILES string of the molecule is CS(=O)(=O)O.N#Cc1ccc(C(=O)Nc2ccc(N3CCOC3=N)cc2)c(NC(=O)c2ccc(Cl)s2)c1. The number of ether oxygens (including phenoxy) is 1. The number of hydrogen-bond donors (Lipinski definition) is 4. The predicted molar refractivity (Wildman–Crippen MR) is 141 cm³/mol. The Balaban J connectivity index is 0.000000695. The highest BCUT2D eigenvalue weighted by atomic mass is 35.5. The van der Waals surface area contributed by atoms with Crippen molar-refractivity contribution in [3.05, 3.63) is 74.9 Å². The average Bonchev–Trinajstić information content (AvgIpc) is 3.46. The van der Waals surface area contributed by atoms with Crippen LogP contribution in [0.1, 0.15) is 25.6 Å². The fourth-order valence-corrected chi connectivity index (χ4v) is 4.06. The molecule has 1 aromatic heterocycles. The van der Waals surface area contributed by atoms with E-state index in [2.05, 4.69) is 10.6 Å². The molecule has 1 saturated heterocycles. The fraction of sp³-hybridized carbons (Fsp3) is 0.130. The third-order valence-electron chi connectivity index (χ3n) is 4.67. The number of nitrogens with zero attached hydrogens (tertiary/aromatic N) is 2. The van der Waals surface area contributed by atoms with E-state index in [1.807, 2.05) is 6.07 Å². The molecule has 1 aliphatic heterocycles. The lowest BCUT2D eigenvalue weighted by Gasteiger charge is -2.15. The van der Waals surface area contributed by atoms with Gasteiger partial charge in [-0.3, -0.25) is 24.5 Å². The molecule has 37 heavy (non-hydrogen) atoms. The van der Waals surface area contributed by atoms with Gasteiger partial charge < -0.3 is 15.4 Å². The van der Waals surface area contributed by atoms with Gasteiger partial charge in [-0.05, 0) is 54.6 Å². The number of amides is 2. The molecule has 2 aromatic carbocycles. The first-order valence-electron chi connectivity index (χ1n) is 10.4. The molecule has 1 fully saturated rings. The maximum Gasteiger partial charge on any atom is 0.289 e. The summed E-state index contributed by atoms with van der Waals surface area (Å²) in [6.45, 7) is 1.05. The van der Waals surface area contributed by atoms with Crippen molar-refractivity contribution in [2.24, 2.45) is 0 Å². The van der Waals surface area contributed by atoms with E-state index < -0.39 is 21.9 Å². The number of rotatable bonds is 5. The fourth-order valence-electron chi connectivity index (χ4n) is 3.12. The van der Waals surface area contributed by atoms with Crippen molar-refractivity contribution in [2.75, 3.05) is 34.9 Å². The van der Waals surface area contributed by atoms with E-state index in [1.54, 1.807) is 41.3 Å². The lowest BCUT2D eigenvalue weighted by molar-refractivity contribution is 0.102. The second kappa shape index (κ2) is 11.8. The number of nitrogens with one attached hydrogen (secondary N) is 3. The van der Waals surface area contributed by atoms with Crippen molar-refractivity contribution in [3.63, 3.8) is 0 Å². The van der Waals surface area contributed by atoms with Crippen molar-refractivity contribution < 1.29 is 27.3 Å². The van der Waals surface area contributed by atoms with Gasteiger partial charge in [-0.25, -0.2) is 0 Å². The van der Waals surface area contributed by atoms with Gasteiger partial charge in [0.15, 0.2) is 0 Å². The number of thiophene rings is 1. The van der Waals surface area contributed by atoms with E-state index in [9.17, 15) is 23.3 Å². The number of nitriles is 1. The van der Waals surface area contributed by atoms with Crippen molar-refractivity contribution in [1.82, 2.24) is 0 Å². The summed E-state index contributed by atoms with van der Waals surface area (Å²) in [7, 11) is -3.67. The first kappa shape index (κ1) is 27.6. The Morgan fingerprint density at radius 1 is 1.14 bits per heavy atom. The Hall–Kier alpha value is -3.96. The molecule has 4 N–H and O–H groups in total. The Kier molecular flexibility index (Phi) is 8.85. The minimum Gasteiger partial charge on any atom is -0.463 e. The topological polar surface area (TPSA) is 173 Å². The second-order valence-corrected chi connectivity index (χ2v) is 10.7. The zero-order valence-electron chi connectivity index (χ0n) is 19.2. The monoisotopic (exact) mass is 561 g/mol. The second-order valence-electron chi connectivity index (χ2n) is 7.47. The van der Waals surface area contributed by atoms with Crippen molar-refractivity contribution in [2.45, 2.75) is 0 Å². The van der Waals surface area contributed by atoms with Crippen LogP contribution >= 0.6 is 22.9 Å². The van der Waals surface area contributed by atoms with Crippen LogP contribution in [0.4, 0.5) is 17.1 Å². The normalized spacial score (nSPS) is 12.6.